The van der Waals surface area contributed by atoms with Crippen LogP contribution in [0.1, 0.15) is 12.8 Å². The zero-order valence-corrected chi connectivity index (χ0v) is 6.60. The molecule has 0 aromatic rings. The van der Waals surface area contributed by atoms with Crippen molar-refractivity contribution in [3.8, 4) is 0 Å². The van der Waals surface area contributed by atoms with Gasteiger partial charge in [0, 0.05) is 6.61 Å². The summed E-state index contributed by atoms with van der Waals surface area (Å²) in [5.41, 5.74) is 0. The standard InChI is InChI=1S/C6H12O3S/c7-4-6-2-1-3-10(8,9)5-6/h6-7H,1-5H2. The van der Waals surface area contributed by atoms with Gasteiger partial charge in [-0.15, -0.1) is 0 Å². The molecule has 1 saturated heterocycles. The second-order valence-electron chi connectivity index (χ2n) is 2.81. The Morgan fingerprint density at radius 2 is 2.20 bits per heavy atom. The minimum absolute atomic E-state index is 0.00116. The third-order valence-corrected chi connectivity index (χ3v) is 3.71. The average Bonchev–Trinajstić information content (AvgIpc) is 1.86. The van der Waals surface area contributed by atoms with E-state index >= 15 is 0 Å². The van der Waals surface area contributed by atoms with Crippen molar-refractivity contribution in [1.29, 1.82) is 0 Å². The largest absolute Gasteiger partial charge is 0.396 e. The van der Waals surface area contributed by atoms with Gasteiger partial charge in [0.15, 0.2) is 9.84 Å². The Morgan fingerprint density at radius 1 is 1.50 bits per heavy atom. The molecule has 4 heteroatoms. The number of hydrogen-bond donors (Lipinski definition) is 1. The summed E-state index contributed by atoms with van der Waals surface area (Å²) in [4.78, 5) is 0. The summed E-state index contributed by atoms with van der Waals surface area (Å²) in [6.07, 6.45) is 1.57. The molecule has 0 saturated carbocycles. The predicted molar refractivity (Wildman–Crippen MR) is 38.5 cm³/mol. The SMILES string of the molecule is O=S1(=O)CCCC(CO)C1. The van der Waals surface area contributed by atoms with E-state index in [0.29, 0.717) is 12.2 Å². The van der Waals surface area contributed by atoms with Crippen LogP contribution in [-0.4, -0.2) is 31.6 Å². The summed E-state index contributed by atoms with van der Waals surface area (Å²) in [7, 11) is -2.80. The third-order valence-electron chi connectivity index (χ3n) is 1.82. The average molecular weight is 164 g/mol. The summed E-state index contributed by atoms with van der Waals surface area (Å²) in [6, 6.07) is 0. The topological polar surface area (TPSA) is 54.4 Å². The molecule has 1 atom stereocenters. The number of sulfone groups is 1. The summed E-state index contributed by atoms with van der Waals surface area (Å²) in [5.74, 6) is 0.492. The van der Waals surface area contributed by atoms with E-state index in [-0.39, 0.29) is 18.3 Å². The molecule has 0 radical (unpaired) electrons. The maximum atomic E-state index is 10.9. The molecule has 0 bridgehead atoms. The zero-order valence-electron chi connectivity index (χ0n) is 5.78. The lowest BCUT2D eigenvalue weighted by molar-refractivity contribution is 0.228. The van der Waals surface area contributed by atoms with Gasteiger partial charge in [-0.05, 0) is 18.8 Å². The second kappa shape index (κ2) is 2.88. The predicted octanol–water partition coefficient (Wildman–Crippen LogP) is -0.197. The van der Waals surface area contributed by atoms with Crippen LogP contribution in [0.25, 0.3) is 0 Å². The molecule has 1 aliphatic heterocycles. The molecule has 0 aromatic carbocycles. The molecule has 1 aliphatic rings. The van der Waals surface area contributed by atoms with Crippen LogP contribution in [0.5, 0.6) is 0 Å². The number of aliphatic hydroxyl groups excluding tert-OH is 1. The first-order valence-corrected chi connectivity index (χ1v) is 5.27. The Bertz CT molecular complexity index is 195. The Kier molecular flexibility index (Phi) is 2.31. The molecular weight excluding hydrogens is 152 g/mol. The maximum Gasteiger partial charge on any atom is 0.150 e. The summed E-state index contributed by atoms with van der Waals surface area (Å²) >= 11 is 0. The first-order valence-electron chi connectivity index (χ1n) is 3.45. The van der Waals surface area contributed by atoms with Crippen molar-refractivity contribution in [1.82, 2.24) is 0 Å². The van der Waals surface area contributed by atoms with Gasteiger partial charge in [0.05, 0.1) is 11.5 Å². The minimum Gasteiger partial charge on any atom is -0.396 e. The fourth-order valence-electron chi connectivity index (χ4n) is 1.26. The fourth-order valence-corrected chi connectivity index (χ4v) is 3.03. The Hall–Kier alpha value is -0.0900. The Balaban J connectivity index is 2.56. The van der Waals surface area contributed by atoms with Crippen LogP contribution in [-0.2, 0) is 9.84 Å². The minimum atomic E-state index is -2.80. The molecule has 1 rings (SSSR count). The van der Waals surface area contributed by atoms with Gasteiger partial charge in [0.25, 0.3) is 0 Å². The highest BCUT2D eigenvalue weighted by Crippen LogP contribution is 2.16. The first-order chi connectivity index (χ1) is 4.64. The van der Waals surface area contributed by atoms with Crippen molar-refractivity contribution in [3.63, 3.8) is 0 Å². The van der Waals surface area contributed by atoms with Crippen molar-refractivity contribution in [2.75, 3.05) is 18.1 Å². The van der Waals surface area contributed by atoms with E-state index < -0.39 is 9.84 Å². The van der Waals surface area contributed by atoms with Crippen LogP contribution >= 0.6 is 0 Å². The Morgan fingerprint density at radius 3 is 2.60 bits per heavy atom. The van der Waals surface area contributed by atoms with Crippen molar-refractivity contribution >= 4 is 9.84 Å². The maximum absolute atomic E-state index is 10.9. The highest BCUT2D eigenvalue weighted by molar-refractivity contribution is 7.91. The summed E-state index contributed by atoms with van der Waals surface area (Å²) in [5, 5.41) is 8.66. The zero-order chi connectivity index (χ0) is 7.61. The van der Waals surface area contributed by atoms with Gasteiger partial charge in [0.1, 0.15) is 0 Å². The van der Waals surface area contributed by atoms with Crippen LogP contribution in [0.3, 0.4) is 0 Å². The van der Waals surface area contributed by atoms with Gasteiger partial charge in [-0.2, -0.15) is 0 Å². The van der Waals surface area contributed by atoms with E-state index in [1.807, 2.05) is 0 Å². The molecule has 0 amide bonds. The van der Waals surface area contributed by atoms with Crippen molar-refractivity contribution in [3.05, 3.63) is 0 Å². The molecule has 1 fully saturated rings. The highest BCUT2D eigenvalue weighted by atomic mass is 32.2. The summed E-state index contributed by atoms with van der Waals surface area (Å²) in [6.45, 7) is 0.0131. The molecular formula is C6H12O3S. The van der Waals surface area contributed by atoms with E-state index in [2.05, 4.69) is 0 Å². The molecule has 1 heterocycles. The molecule has 1 unspecified atom stereocenters. The quantitative estimate of drug-likeness (QED) is 0.584. The van der Waals surface area contributed by atoms with Gasteiger partial charge in [-0.1, -0.05) is 0 Å². The molecule has 60 valence electrons. The van der Waals surface area contributed by atoms with Crippen LogP contribution in [0.2, 0.25) is 0 Å². The first kappa shape index (κ1) is 8.01. The van der Waals surface area contributed by atoms with Gasteiger partial charge < -0.3 is 5.11 Å². The lowest BCUT2D eigenvalue weighted by atomic mass is 10.1. The van der Waals surface area contributed by atoms with Crippen molar-refractivity contribution < 1.29 is 13.5 Å². The molecule has 10 heavy (non-hydrogen) atoms. The highest BCUT2D eigenvalue weighted by Gasteiger charge is 2.23. The normalized spacial score (nSPS) is 31.9. The molecule has 1 N–H and O–H groups in total. The smallest absolute Gasteiger partial charge is 0.150 e. The van der Waals surface area contributed by atoms with E-state index in [1.54, 1.807) is 0 Å². The molecule has 3 nitrogen and oxygen atoms in total. The van der Waals surface area contributed by atoms with E-state index in [4.69, 9.17) is 5.11 Å². The fraction of sp³-hybridized carbons (Fsp3) is 1.00. The Labute approximate surface area is 61.0 Å². The third kappa shape index (κ3) is 1.95. The van der Waals surface area contributed by atoms with E-state index in [0.717, 1.165) is 6.42 Å². The van der Waals surface area contributed by atoms with Crippen molar-refractivity contribution in [2.24, 2.45) is 5.92 Å². The van der Waals surface area contributed by atoms with Gasteiger partial charge in [-0.25, -0.2) is 8.42 Å². The number of aliphatic hydroxyl groups is 1. The number of rotatable bonds is 1. The van der Waals surface area contributed by atoms with E-state index in [1.165, 1.54) is 0 Å². The van der Waals surface area contributed by atoms with Gasteiger partial charge in [-0.3, -0.25) is 0 Å². The summed E-state index contributed by atoms with van der Waals surface area (Å²) < 4.78 is 21.8. The van der Waals surface area contributed by atoms with Crippen LogP contribution in [0, 0.1) is 5.92 Å². The molecule has 0 aliphatic carbocycles. The monoisotopic (exact) mass is 164 g/mol. The van der Waals surface area contributed by atoms with Crippen LogP contribution in [0.15, 0.2) is 0 Å². The lowest BCUT2D eigenvalue weighted by Crippen LogP contribution is -2.27. The van der Waals surface area contributed by atoms with E-state index in [9.17, 15) is 8.42 Å². The second-order valence-corrected chi connectivity index (χ2v) is 5.03. The van der Waals surface area contributed by atoms with Crippen LogP contribution in [0.4, 0.5) is 0 Å². The van der Waals surface area contributed by atoms with Gasteiger partial charge in [0.2, 0.25) is 0 Å². The van der Waals surface area contributed by atoms with Crippen molar-refractivity contribution in [2.45, 2.75) is 12.8 Å². The molecule has 0 aromatic heterocycles. The van der Waals surface area contributed by atoms with Crippen LogP contribution < -0.4 is 0 Å². The molecule has 0 spiro atoms. The number of hydrogen-bond acceptors (Lipinski definition) is 3. The van der Waals surface area contributed by atoms with Gasteiger partial charge >= 0.3 is 0 Å². The lowest BCUT2D eigenvalue weighted by Gasteiger charge is -2.18.